The summed E-state index contributed by atoms with van der Waals surface area (Å²) >= 11 is 1.03. The van der Waals surface area contributed by atoms with Gasteiger partial charge in [-0.1, -0.05) is 11.8 Å². The van der Waals surface area contributed by atoms with Crippen molar-refractivity contribution in [2.75, 3.05) is 11.5 Å². The number of nitrogens with two attached hydrogens (primary N) is 1. The predicted octanol–water partition coefficient (Wildman–Crippen LogP) is -0.109. The van der Waals surface area contributed by atoms with Crippen LogP contribution in [0.15, 0.2) is 19.2 Å². The van der Waals surface area contributed by atoms with E-state index in [4.69, 9.17) is 10.2 Å². The monoisotopic (exact) mass is 323 g/mol. The number of Topliss-reactive ketones (excluding diaryl/α,β-unsaturated/α-hetero) is 1. The number of rotatable bonds is 5. The van der Waals surface area contributed by atoms with Crippen LogP contribution in [0.4, 0.5) is 5.82 Å². The third kappa shape index (κ3) is 2.69. The van der Waals surface area contributed by atoms with Crippen LogP contribution in [0.3, 0.4) is 0 Å². The molecule has 22 heavy (non-hydrogen) atoms. The van der Waals surface area contributed by atoms with E-state index in [2.05, 4.69) is 10.2 Å². The van der Waals surface area contributed by atoms with E-state index in [-0.39, 0.29) is 22.4 Å². The standard InChI is InChI=1S/C12H13N5O4S/c1-17-8(13)7(9(19)14-11(17)20)6(18)4-22-12-16-15-10(21-12)5-2-3-5/h5H,2-4,13H2,1H3,(H,14,19,20). The summed E-state index contributed by atoms with van der Waals surface area (Å²) in [5.41, 5.74) is 3.96. The van der Waals surface area contributed by atoms with Crippen LogP contribution >= 0.6 is 11.8 Å². The molecule has 2 heterocycles. The second-order valence-electron chi connectivity index (χ2n) is 4.97. The Balaban J connectivity index is 1.75. The smallest absolute Gasteiger partial charge is 0.329 e. The molecule has 1 saturated carbocycles. The molecule has 0 saturated heterocycles. The second kappa shape index (κ2) is 5.44. The Morgan fingerprint density at radius 1 is 1.45 bits per heavy atom. The first kappa shape index (κ1) is 14.6. The Hall–Kier alpha value is -2.36. The van der Waals surface area contributed by atoms with Crippen molar-refractivity contribution in [1.82, 2.24) is 19.7 Å². The fourth-order valence-corrected chi connectivity index (χ4v) is 2.52. The highest BCUT2D eigenvalue weighted by atomic mass is 32.2. The van der Waals surface area contributed by atoms with Gasteiger partial charge in [-0.15, -0.1) is 10.2 Å². The molecule has 0 spiro atoms. The van der Waals surface area contributed by atoms with Crippen LogP contribution in [-0.2, 0) is 7.05 Å². The zero-order valence-corrected chi connectivity index (χ0v) is 12.5. The zero-order chi connectivity index (χ0) is 15.9. The summed E-state index contributed by atoms with van der Waals surface area (Å²) in [5, 5.41) is 8.02. The van der Waals surface area contributed by atoms with Crippen LogP contribution in [0.1, 0.15) is 35.0 Å². The van der Waals surface area contributed by atoms with E-state index >= 15 is 0 Å². The number of thioether (sulfide) groups is 1. The number of hydrogen-bond acceptors (Lipinski definition) is 8. The van der Waals surface area contributed by atoms with Crippen molar-refractivity contribution >= 4 is 23.4 Å². The number of aromatic nitrogens is 4. The average Bonchev–Trinajstić information content (AvgIpc) is 3.22. The van der Waals surface area contributed by atoms with Crippen molar-refractivity contribution < 1.29 is 9.21 Å². The lowest BCUT2D eigenvalue weighted by Gasteiger charge is -2.06. The van der Waals surface area contributed by atoms with Gasteiger partial charge in [0, 0.05) is 13.0 Å². The van der Waals surface area contributed by atoms with E-state index in [9.17, 15) is 14.4 Å². The van der Waals surface area contributed by atoms with Crippen LogP contribution in [-0.4, -0.2) is 31.3 Å². The second-order valence-corrected chi connectivity index (χ2v) is 5.90. The number of aromatic amines is 1. The van der Waals surface area contributed by atoms with E-state index in [0.717, 1.165) is 29.2 Å². The van der Waals surface area contributed by atoms with Gasteiger partial charge >= 0.3 is 5.69 Å². The van der Waals surface area contributed by atoms with Gasteiger partial charge in [0.2, 0.25) is 5.89 Å². The summed E-state index contributed by atoms with van der Waals surface area (Å²) in [6.45, 7) is 0. The first-order chi connectivity index (χ1) is 10.5. The third-order valence-electron chi connectivity index (χ3n) is 3.32. The molecule has 2 aromatic heterocycles. The van der Waals surface area contributed by atoms with Crippen LogP contribution in [0.2, 0.25) is 0 Å². The minimum Gasteiger partial charge on any atom is -0.416 e. The molecule has 0 atom stereocenters. The van der Waals surface area contributed by atoms with Crippen LogP contribution < -0.4 is 17.0 Å². The Morgan fingerprint density at radius 2 is 2.18 bits per heavy atom. The van der Waals surface area contributed by atoms with Crippen LogP contribution in [0.25, 0.3) is 0 Å². The van der Waals surface area contributed by atoms with Crippen LogP contribution in [0, 0.1) is 0 Å². The minimum absolute atomic E-state index is 0.0855. The lowest BCUT2D eigenvalue weighted by molar-refractivity contribution is 0.102. The summed E-state index contributed by atoms with van der Waals surface area (Å²) in [6.07, 6.45) is 2.07. The molecule has 0 aliphatic heterocycles. The molecular weight excluding hydrogens is 310 g/mol. The number of carbonyl (C=O) groups is 1. The molecule has 0 bridgehead atoms. The number of nitrogens with one attached hydrogen (secondary N) is 1. The average molecular weight is 323 g/mol. The highest BCUT2D eigenvalue weighted by molar-refractivity contribution is 7.99. The molecule has 2 aromatic rings. The van der Waals surface area contributed by atoms with Gasteiger partial charge in [-0.25, -0.2) is 4.79 Å². The molecule has 116 valence electrons. The maximum absolute atomic E-state index is 12.2. The van der Waals surface area contributed by atoms with Crippen molar-refractivity contribution in [2.24, 2.45) is 7.05 Å². The lowest BCUT2D eigenvalue weighted by atomic mass is 10.2. The summed E-state index contributed by atoms with van der Waals surface area (Å²) in [4.78, 5) is 37.3. The van der Waals surface area contributed by atoms with E-state index in [1.54, 1.807) is 0 Å². The summed E-state index contributed by atoms with van der Waals surface area (Å²) in [7, 11) is 1.37. The Labute approximate surface area is 127 Å². The van der Waals surface area contributed by atoms with Gasteiger partial charge in [-0.3, -0.25) is 19.1 Å². The van der Waals surface area contributed by atoms with Gasteiger partial charge in [-0.2, -0.15) is 0 Å². The van der Waals surface area contributed by atoms with E-state index in [0.29, 0.717) is 11.8 Å². The largest absolute Gasteiger partial charge is 0.416 e. The molecule has 1 aliphatic rings. The Bertz CT molecular complexity index is 848. The van der Waals surface area contributed by atoms with Crippen molar-refractivity contribution in [3.8, 4) is 0 Å². The molecule has 3 N–H and O–H groups in total. The number of hydrogen-bond donors (Lipinski definition) is 2. The highest BCUT2D eigenvalue weighted by Crippen LogP contribution is 2.39. The maximum atomic E-state index is 12.2. The quantitative estimate of drug-likeness (QED) is 0.574. The summed E-state index contributed by atoms with van der Waals surface area (Å²) < 4.78 is 6.42. The topological polar surface area (TPSA) is 137 Å². The van der Waals surface area contributed by atoms with Gasteiger partial charge in [-0.05, 0) is 12.8 Å². The molecule has 0 amide bonds. The van der Waals surface area contributed by atoms with Gasteiger partial charge in [0.25, 0.3) is 10.8 Å². The van der Waals surface area contributed by atoms with E-state index < -0.39 is 17.0 Å². The minimum atomic E-state index is -0.796. The number of nitrogens with zero attached hydrogens (tertiary/aromatic N) is 3. The van der Waals surface area contributed by atoms with Gasteiger partial charge in [0.05, 0.1) is 5.75 Å². The third-order valence-corrected chi connectivity index (χ3v) is 4.14. The fourth-order valence-electron chi connectivity index (χ4n) is 1.88. The van der Waals surface area contributed by atoms with Crippen molar-refractivity contribution in [2.45, 2.75) is 24.0 Å². The van der Waals surface area contributed by atoms with Crippen LogP contribution in [0.5, 0.6) is 0 Å². The van der Waals surface area contributed by atoms with Crippen molar-refractivity contribution in [3.63, 3.8) is 0 Å². The highest BCUT2D eigenvalue weighted by Gasteiger charge is 2.29. The normalized spacial score (nSPS) is 14.2. The fraction of sp³-hybridized carbons (Fsp3) is 0.417. The number of ketones is 1. The van der Waals surface area contributed by atoms with E-state index in [1.165, 1.54) is 7.05 Å². The number of anilines is 1. The molecule has 9 nitrogen and oxygen atoms in total. The predicted molar refractivity (Wildman–Crippen MR) is 78.0 cm³/mol. The van der Waals surface area contributed by atoms with Crippen molar-refractivity contribution in [3.05, 3.63) is 32.3 Å². The first-order valence-corrected chi connectivity index (χ1v) is 7.54. The van der Waals surface area contributed by atoms with Crippen molar-refractivity contribution in [1.29, 1.82) is 0 Å². The molecule has 0 aromatic carbocycles. The SMILES string of the molecule is Cn1c(N)c(C(=O)CSc2nnc(C3CC3)o2)c(=O)[nH]c1=O. The maximum Gasteiger partial charge on any atom is 0.329 e. The summed E-state index contributed by atoms with van der Waals surface area (Å²) in [6, 6.07) is 0. The van der Waals surface area contributed by atoms with E-state index in [1.807, 2.05) is 4.98 Å². The molecule has 1 aliphatic carbocycles. The number of nitrogen functional groups attached to an aromatic ring is 1. The number of carbonyl (C=O) groups excluding carboxylic acids is 1. The van der Waals surface area contributed by atoms with Gasteiger partial charge < -0.3 is 10.2 Å². The van der Waals surface area contributed by atoms with Gasteiger partial charge in [0.15, 0.2) is 5.78 Å². The lowest BCUT2D eigenvalue weighted by Crippen LogP contribution is -2.35. The molecule has 10 heteroatoms. The molecule has 0 radical (unpaired) electrons. The number of H-pyrrole nitrogens is 1. The molecule has 3 rings (SSSR count). The van der Waals surface area contributed by atoms with Gasteiger partial charge in [0.1, 0.15) is 11.4 Å². The Kier molecular flexibility index (Phi) is 3.61. The molecule has 1 fully saturated rings. The zero-order valence-electron chi connectivity index (χ0n) is 11.7. The summed E-state index contributed by atoms with van der Waals surface area (Å²) in [5.74, 6) is 0.154. The molecular formula is C12H13N5O4S. The molecule has 0 unspecified atom stereocenters. The first-order valence-electron chi connectivity index (χ1n) is 6.55. The Morgan fingerprint density at radius 3 is 2.86 bits per heavy atom.